The molecule has 2 aromatic carbocycles. The fourth-order valence-corrected chi connectivity index (χ4v) is 4.15. The van der Waals surface area contributed by atoms with Gasteiger partial charge in [0.15, 0.2) is 0 Å². The summed E-state index contributed by atoms with van der Waals surface area (Å²) in [6.07, 6.45) is 7.35. The van der Waals surface area contributed by atoms with Gasteiger partial charge in [0, 0.05) is 25.4 Å². The highest BCUT2D eigenvalue weighted by Gasteiger charge is 2.18. The Kier molecular flexibility index (Phi) is 6.75. The summed E-state index contributed by atoms with van der Waals surface area (Å²) < 4.78 is 0. The van der Waals surface area contributed by atoms with Crippen molar-refractivity contribution in [3.63, 3.8) is 0 Å². The van der Waals surface area contributed by atoms with Gasteiger partial charge in [0.05, 0.1) is 11.9 Å². The van der Waals surface area contributed by atoms with Crippen LogP contribution in [0.1, 0.15) is 49.1 Å². The Labute approximate surface area is 179 Å². The number of amides is 1. The molecule has 0 radical (unpaired) electrons. The number of carbonyl (C=O) groups is 1. The highest BCUT2D eigenvalue weighted by Crippen LogP contribution is 2.28. The molecule has 154 valence electrons. The minimum atomic E-state index is -0.0253. The SMILES string of the molecule is O=C(CC(c1ccccc1)c1ccccc1)Nc1ccc(N2CCCCCC2)cn1. The zero-order chi connectivity index (χ0) is 20.6. The molecular weight excluding hydrogens is 370 g/mol. The van der Waals surface area contributed by atoms with Crippen LogP contribution in [0, 0.1) is 0 Å². The van der Waals surface area contributed by atoms with E-state index in [4.69, 9.17) is 0 Å². The van der Waals surface area contributed by atoms with Crippen LogP contribution in [0.15, 0.2) is 79.0 Å². The lowest BCUT2D eigenvalue weighted by Crippen LogP contribution is -2.24. The number of benzene rings is 2. The number of hydrogen-bond donors (Lipinski definition) is 1. The van der Waals surface area contributed by atoms with Crippen molar-refractivity contribution in [3.8, 4) is 0 Å². The first kappa shape index (κ1) is 20.1. The highest BCUT2D eigenvalue weighted by molar-refractivity contribution is 5.90. The molecule has 1 fully saturated rings. The van der Waals surface area contributed by atoms with Crippen molar-refractivity contribution in [1.82, 2.24) is 4.98 Å². The molecule has 0 bridgehead atoms. The van der Waals surface area contributed by atoms with Crippen LogP contribution in [0.25, 0.3) is 0 Å². The number of aromatic nitrogens is 1. The Hall–Kier alpha value is -3.14. The van der Waals surface area contributed by atoms with E-state index in [1.54, 1.807) is 0 Å². The van der Waals surface area contributed by atoms with Gasteiger partial charge in [0.2, 0.25) is 5.91 Å². The van der Waals surface area contributed by atoms with Crippen LogP contribution in [0.3, 0.4) is 0 Å². The molecule has 4 nitrogen and oxygen atoms in total. The van der Waals surface area contributed by atoms with Gasteiger partial charge in [-0.2, -0.15) is 0 Å². The summed E-state index contributed by atoms with van der Waals surface area (Å²) >= 11 is 0. The Morgan fingerprint density at radius 2 is 1.43 bits per heavy atom. The highest BCUT2D eigenvalue weighted by atomic mass is 16.1. The summed E-state index contributed by atoms with van der Waals surface area (Å²) in [5.41, 5.74) is 3.42. The molecule has 1 saturated heterocycles. The average molecular weight is 400 g/mol. The molecule has 0 unspecified atom stereocenters. The number of hydrogen-bond acceptors (Lipinski definition) is 3. The molecule has 3 aromatic rings. The number of nitrogens with zero attached hydrogens (tertiary/aromatic N) is 2. The molecule has 0 spiro atoms. The molecule has 2 heterocycles. The third kappa shape index (κ3) is 5.26. The minimum Gasteiger partial charge on any atom is -0.370 e. The maximum absolute atomic E-state index is 12.8. The number of nitrogens with one attached hydrogen (secondary N) is 1. The monoisotopic (exact) mass is 399 g/mol. The number of pyridine rings is 1. The van der Waals surface area contributed by atoms with E-state index in [1.165, 1.54) is 25.7 Å². The van der Waals surface area contributed by atoms with Gasteiger partial charge in [-0.15, -0.1) is 0 Å². The van der Waals surface area contributed by atoms with E-state index in [0.29, 0.717) is 12.2 Å². The molecule has 0 atom stereocenters. The van der Waals surface area contributed by atoms with Gasteiger partial charge < -0.3 is 10.2 Å². The van der Waals surface area contributed by atoms with E-state index >= 15 is 0 Å². The van der Waals surface area contributed by atoms with E-state index in [2.05, 4.69) is 45.5 Å². The minimum absolute atomic E-state index is 0.0174. The zero-order valence-electron chi connectivity index (χ0n) is 17.3. The predicted molar refractivity (Wildman–Crippen MR) is 123 cm³/mol. The van der Waals surface area contributed by atoms with Gasteiger partial charge in [0.1, 0.15) is 5.82 Å². The van der Waals surface area contributed by atoms with Crippen LogP contribution in [0.2, 0.25) is 0 Å². The number of rotatable bonds is 6. The van der Waals surface area contributed by atoms with Gasteiger partial charge in [-0.3, -0.25) is 4.79 Å². The van der Waals surface area contributed by atoms with Gasteiger partial charge in [-0.1, -0.05) is 73.5 Å². The summed E-state index contributed by atoms with van der Waals surface area (Å²) in [5, 5.41) is 2.99. The number of carbonyl (C=O) groups excluding carboxylic acids is 1. The Morgan fingerprint density at radius 3 is 1.97 bits per heavy atom. The first-order valence-corrected chi connectivity index (χ1v) is 10.9. The van der Waals surface area contributed by atoms with Crippen molar-refractivity contribution in [3.05, 3.63) is 90.1 Å². The normalized spacial score (nSPS) is 14.4. The lowest BCUT2D eigenvalue weighted by atomic mass is 9.88. The van der Waals surface area contributed by atoms with Crippen molar-refractivity contribution in [2.75, 3.05) is 23.3 Å². The molecular formula is C26H29N3O. The summed E-state index contributed by atoms with van der Waals surface area (Å²) in [7, 11) is 0. The molecule has 1 aliphatic rings. The summed E-state index contributed by atoms with van der Waals surface area (Å²) in [4.78, 5) is 19.7. The lowest BCUT2D eigenvalue weighted by molar-refractivity contribution is -0.116. The van der Waals surface area contributed by atoms with Crippen LogP contribution < -0.4 is 10.2 Å². The molecule has 1 aliphatic heterocycles. The van der Waals surface area contributed by atoms with E-state index in [1.807, 2.05) is 48.7 Å². The number of anilines is 2. The third-order valence-corrected chi connectivity index (χ3v) is 5.78. The molecule has 1 aromatic heterocycles. The van der Waals surface area contributed by atoms with Crippen molar-refractivity contribution in [2.45, 2.75) is 38.0 Å². The fraction of sp³-hybridized carbons (Fsp3) is 0.308. The van der Waals surface area contributed by atoms with Crippen molar-refractivity contribution >= 4 is 17.4 Å². The Morgan fingerprint density at radius 1 is 0.833 bits per heavy atom. The maximum atomic E-state index is 12.8. The maximum Gasteiger partial charge on any atom is 0.226 e. The zero-order valence-corrected chi connectivity index (χ0v) is 17.3. The smallest absolute Gasteiger partial charge is 0.226 e. The topological polar surface area (TPSA) is 45.2 Å². The van der Waals surface area contributed by atoms with Crippen molar-refractivity contribution in [1.29, 1.82) is 0 Å². The summed E-state index contributed by atoms with van der Waals surface area (Å²) in [6.45, 7) is 2.17. The van der Waals surface area contributed by atoms with Crippen LogP contribution in [-0.4, -0.2) is 24.0 Å². The van der Waals surface area contributed by atoms with E-state index in [-0.39, 0.29) is 11.8 Å². The second kappa shape index (κ2) is 10.1. The molecule has 0 saturated carbocycles. The molecule has 4 heteroatoms. The molecule has 4 rings (SSSR count). The fourth-order valence-electron chi connectivity index (χ4n) is 4.15. The quantitative estimate of drug-likeness (QED) is 0.585. The van der Waals surface area contributed by atoms with E-state index < -0.39 is 0 Å². The lowest BCUT2D eigenvalue weighted by Gasteiger charge is -2.22. The Bertz CT molecular complexity index is 878. The van der Waals surface area contributed by atoms with Gasteiger partial charge in [-0.25, -0.2) is 4.98 Å². The molecule has 1 amide bonds. The summed E-state index contributed by atoms with van der Waals surface area (Å²) in [5.74, 6) is 0.602. The van der Waals surface area contributed by atoms with Crippen molar-refractivity contribution in [2.24, 2.45) is 0 Å². The van der Waals surface area contributed by atoms with Crippen molar-refractivity contribution < 1.29 is 4.79 Å². The average Bonchev–Trinajstić information content (AvgIpc) is 3.09. The third-order valence-electron chi connectivity index (χ3n) is 5.78. The predicted octanol–water partition coefficient (Wildman–Crippen LogP) is 5.62. The first-order chi connectivity index (χ1) is 14.8. The first-order valence-electron chi connectivity index (χ1n) is 10.9. The van der Waals surface area contributed by atoms with Crippen LogP contribution in [-0.2, 0) is 4.79 Å². The summed E-state index contributed by atoms with van der Waals surface area (Å²) in [6, 6.07) is 24.4. The Balaban J connectivity index is 1.43. The standard InChI is InChI=1S/C26H29N3O/c30-26(19-24(21-11-5-3-6-12-21)22-13-7-4-8-14-22)28-25-16-15-23(20-27-25)29-17-9-1-2-10-18-29/h3-8,11-16,20,24H,1-2,9-10,17-19H2,(H,27,28,30). The largest absolute Gasteiger partial charge is 0.370 e. The van der Waals surface area contributed by atoms with E-state index in [0.717, 1.165) is 29.9 Å². The van der Waals surface area contributed by atoms with Crippen LogP contribution in [0.4, 0.5) is 11.5 Å². The van der Waals surface area contributed by atoms with E-state index in [9.17, 15) is 4.79 Å². The van der Waals surface area contributed by atoms with Gasteiger partial charge >= 0.3 is 0 Å². The molecule has 1 N–H and O–H groups in total. The van der Waals surface area contributed by atoms with Gasteiger partial charge in [0.25, 0.3) is 0 Å². The van der Waals surface area contributed by atoms with Crippen LogP contribution >= 0.6 is 0 Å². The second-order valence-electron chi connectivity index (χ2n) is 7.93. The molecule has 0 aliphatic carbocycles. The van der Waals surface area contributed by atoms with Crippen LogP contribution in [0.5, 0.6) is 0 Å². The second-order valence-corrected chi connectivity index (χ2v) is 7.93. The molecule has 30 heavy (non-hydrogen) atoms. The van der Waals surface area contributed by atoms with Gasteiger partial charge in [-0.05, 0) is 36.1 Å².